The van der Waals surface area contributed by atoms with Gasteiger partial charge in [-0.3, -0.25) is 9.89 Å². The molecular weight excluding hydrogens is 515 g/mol. The van der Waals surface area contributed by atoms with Crippen molar-refractivity contribution in [2.45, 2.75) is 39.0 Å². The highest BCUT2D eigenvalue weighted by molar-refractivity contribution is 14.0. The van der Waals surface area contributed by atoms with Crippen molar-refractivity contribution in [3.05, 3.63) is 65.2 Å². The van der Waals surface area contributed by atoms with Crippen molar-refractivity contribution >= 4 is 29.9 Å². The van der Waals surface area contributed by atoms with Crippen LogP contribution in [0.1, 0.15) is 29.5 Å². The second-order valence-electron chi connectivity index (χ2n) is 8.05. The van der Waals surface area contributed by atoms with Crippen LogP contribution in [0.3, 0.4) is 0 Å². The van der Waals surface area contributed by atoms with Crippen LogP contribution in [-0.2, 0) is 17.9 Å². The van der Waals surface area contributed by atoms with Crippen LogP contribution in [0.15, 0.2) is 53.5 Å². The number of aryl methyl sites for hydroxylation is 1. The van der Waals surface area contributed by atoms with Gasteiger partial charge in [0, 0.05) is 44.8 Å². The maximum atomic E-state index is 5.79. The summed E-state index contributed by atoms with van der Waals surface area (Å²) in [6, 6.07) is 17.2. The van der Waals surface area contributed by atoms with E-state index in [-0.39, 0.29) is 24.0 Å². The molecule has 1 saturated heterocycles. The number of guanidine groups is 1. The first-order chi connectivity index (χ1) is 15.2. The van der Waals surface area contributed by atoms with Crippen LogP contribution in [0.25, 0.3) is 0 Å². The number of hydrogen-bond acceptors (Lipinski definition) is 4. The zero-order valence-electron chi connectivity index (χ0n) is 19.5. The Kier molecular flexibility index (Phi) is 11.8. The maximum absolute atomic E-state index is 5.79. The lowest BCUT2D eigenvalue weighted by atomic mass is 10.0. The number of halogens is 1. The predicted octanol–water partition coefficient (Wildman–Crippen LogP) is 3.97. The average molecular weight is 553 g/mol. The van der Waals surface area contributed by atoms with E-state index in [1.165, 1.54) is 11.1 Å². The number of benzene rings is 2. The lowest BCUT2D eigenvalue weighted by molar-refractivity contribution is 0.123. The number of likely N-dealkylation sites (tertiary alicyclic amines) is 1. The van der Waals surface area contributed by atoms with Gasteiger partial charge in [0.1, 0.15) is 5.75 Å². The summed E-state index contributed by atoms with van der Waals surface area (Å²) < 4.78 is 11.2. The van der Waals surface area contributed by atoms with Crippen LogP contribution in [0.4, 0.5) is 0 Å². The van der Waals surface area contributed by atoms with Gasteiger partial charge in [-0.1, -0.05) is 48.0 Å². The molecule has 2 N–H and O–H groups in total. The molecule has 7 heteroatoms. The van der Waals surface area contributed by atoms with Gasteiger partial charge < -0.3 is 20.1 Å². The van der Waals surface area contributed by atoms with E-state index in [9.17, 15) is 0 Å². The minimum Gasteiger partial charge on any atom is -0.496 e. The summed E-state index contributed by atoms with van der Waals surface area (Å²) in [6.45, 7) is 7.24. The molecule has 6 nitrogen and oxygen atoms in total. The Morgan fingerprint density at radius 3 is 2.62 bits per heavy atom. The number of piperidine rings is 1. The fourth-order valence-electron chi connectivity index (χ4n) is 3.94. The van der Waals surface area contributed by atoms with E-state index in [0.717, 1.165) is 49.7 Å². The molecule has 0 aliphatic carbocycles. The zero-order valence-corrected chi connectivity index (χ0v) is 21.8. The van der Waals surface area contributed by atoms with E-state index in [2.05, 4.69) is 51.7 Å². The van der Waals surface area contributed by atoms with Crippen LogP contribution in [0.2, 0.25) is 0 Å². The molecule has 0 spiro atoms. The van der Waals surface area contributed by atoms with Crippen LogP contribution < -0.4 is 15.4 Å². The summed E-state index contributed by atoms with van der Waals surface area (Å²) in [4.78, 5) is 6.90. The van der Waals surface area contributed by atoms with Crippen LogP contribution in [0.5, 0.6) is 5.75 Å². The molecule has 1 fully saturated rings. The Morgan fingerprint density at radius 2 is 1.91 bits per heavy atom. The first kappa shape index (κ1) is 26.4. The third kappa shape index (κ3) is 8.60. The SMILES string of the molecule is CN=C(NCCOCc1ccccc1OC)NC1CCN(Cc2cccc(C)c2)CC1.I. The van der Waals surface area contributed by atoms with Crippen molar-refractivity contribution in [3.63, 3.8) is 0 Å². The molecule has 0 bridgehead atoms. The molecule has 1 heterocycles. The molecule has 0 unspecified atom stereocenters. The number of nitrogens with one attached hydrogen (secondary N) is 2. The third-order valence-electron chi connectivity index (χ3n) is 5.63. The number of aliphatic imine (C=N–C) groups is 1. The van der Waals surface area contributed by atoms with E-state index in [0.29, 0.717) is 25.8 Å². The Morgan fingerprint density at radius 1 is 1.12 bits per heavy atom. The Hall–Kier alpha value is -1.84. The Bertz CT molecular complexity index is 838. The minimum absolute atomic E-state index is 0. The lowest BCUT2D eigenvalue weighted by Crippen LogP contribution is -2.49. The number of nitrogens with zero attached hydrogens (tertiary/aromatic N) is 2. The maximum Gasteiger partial charge on any atom is 0.191 e. The zero-order chi connectivity index (χ0) is 21.9. The van der Waals surface area contributed by atoms with E-state index >= 15 is 0 Å². The molecule has 2 aromatic rings. The standard InChI is InChI=1S/C25H36N4O2.HI/c1-20-7-6-8-21(17-20)18-29-14-11-23(12-15-29)28-25(26-2)27-13-16-31-19-22-9-4-5-10-24(22)30-3;/h4-10,17,23H,11-16,18-19H2,1-3H3,(H2,26,27,28);1H. The van der Waals surface area contributed by atoms with Gasteiger partial charge in [0.2, 0.25) is 0 Å². The van der Waals surface area contributed by atoms with E-state index in [4.69, 9.17) is 9.47 Å². The van der Waals surface area contributed by atoms with Gasteiger partial charge in [-0.25, -0.2) is 0 Å². The Labute approximate surface area is 209 Å². The second kappa shape index (κ2) is 14.3. The fourth-order valence-corrected chi connectivity index (χ4v) is 3.94. The summed E-state index contributed by atoms with van der Waals surface area (Å²) in [7, 11) is 3.50. The number of hydrogen-bond donors (Lipinski definition) is 2. The second-order valence-corrected chi connectivity index (χ2v) is 8.05. The van der Waals surface area contributed by atoms with Gasteiger partial charge in [0.15, 0.2) is 5.96 Å². The highest BCUT2D eigenvalue weighted by Gasteiger charge is 2.20. The topological polar surface area (TPSA) is 58.1 Å². The molecule has 2 aromatic carbocycles. The fraction of sp³-hybridized carbons (Fsp3) is 0.480. The average Bonchev–Trinajstić information content (AvgIpc) is 2.79. The van der Waals surface area contributed by atoms with E-state index < -0.39 is 0 Å². The highest BCUT2D eigenvalue weighted by atomic mass is 127. The number of rotatable bonds is 9. The van der Waals surface area contributed by atoms with E-state index in [1.807, 2.05) is 31.3 Å². The predicted molar refractivity (Wildman–Crippen MR) is 142 cm³/mol. The van der Waals surface area contributed by atoms with Crippen LogP contribution in [0, 0.1) is 6.92 Å². The molecule has 176 valence electrons. The van der Waals surface area contributed by atoms with Crippen molar-refractivity contribution < 1.29 is 9.47 Å². The number of para-hydroxylation sites is 1. The van der Waals surface area contributed by atoms with E-state index in [1.54, 1.807) is 7.11 Å². The lowest BCUT2D eigenvalue weighted by Gasteiger charge is -2.33. The van der Waals surface area contributed by atoms with Crippen molar-refractivity contribution in [3.8, 4) is 5.75 Å². The molecule has 0 saturated carbocycles. The normalized spacial score (nSPS) is 15.2. The van der Waals surface area contributed by atoms with Gasteiger partial charge >= 0.3 is 0 Å². The molecule has 0 amide bonds. The number of methoxy groups -OCH3 is 1. The minimum atomic E-state index is 0. The molecule has 1 aliphatic rings. The van der Waals surface area contributed by atoms with Gasteiger partial charge in [-0.2, -0.15) is 0 Å². The van der Waals surface area contributed by atoms with Gasteiger partial charge in [-0.05, 0) is 31.4 Å². The molecule has 3 rings (SSSR count). The summed E-state index contributed by atoms with van der Waals surface area (Å²) in [5.41, 5.74) is 3.79. The largest absolute Gasteiger partial charge is 0.496 e. The first-order valence-corrected chi connectivity index (χ1v) is 11.1. The smallest absolute Gasteiger partial charge is 0.191 e. The summed E-state index contributed by atoms with van der Waals surface area (Å²) in [5.74, 6) is 1.71. The number of ether oxygens (including phenoxy) is 2. The molecule has 1 aliphatic heterocycles. The van der Waals surface area contributed by atoms with Crippen molar-refractivity contribution in [2.75, 3.05) is 40.4 Å². The van der Waals surface area contributed by atoms with Crippen LogP contribution >= 0.6 is 24.0 Å². The van der Waals surface area contributed by atoms with Crippen molar-refractivity contribution in [1.29, 1.82) is 0 Å². The molecule has 0 aromatic heterocycles. The van der Waals surface area contributed by atoms with Gasteiger partial charge in [0.05, 0.1) is 20.3 Å². The molecule has 32 heavy (non-hydrogen) atoms. The molecule has 0 atom stereocenters. The highest BCUT2D eigenvalue weighted by Crippen LogP contribution is 2.18. The van der Waals surface area contributed by atoms with Gasteiger partial charge in [0.25, 0.3) is 0 Å². The monoisotopic (exact) mass is 552 g/mol. The third-order valence-corrected chi connectivity index (χ3v) is 5.63. The molecule has 0 radical (unpaired) electrons. The Balaban J connectivity index is 0.00000363. The van der Waals surface area contributed by atoms with Crippen molar-refractivity contribution in [2.24, 2.45) is 4.99 Å². The quantitative estimate of drug-likeness (QED) is 0.214. The summed E-state index contributed by atoms with van der Waals surface area (Å²) >= 11 is 0. The van der Waals surface area contributed by atoms with Crippen LogP contribution in [-0.4, -0.2) is 57.3 Å². The van der Waals surface area contributed by atoms with Gasteiger partial charge in [-0.15, -0.1) is 24.0 Å². The molecular formula is C25H37IN4O2. The summed E-state index contributed by atoms with van der Waals surface area (Å²) in [5, 5.41) is 6.92. The van der Waals surface area contributed by atoms with Crippen molar-refractivity contribution in [1.82, 2.24) is 15.5 Å². The summed E-state index contributed by atoms with van der Waals surface area (Å²) in [6.07, 6.45) is 2.24. The first-order valence-electron chi connectivity index (χ1n) is 11.1.